The van der Waals surface area contributed by atoms with E-state index in [0.29, 0.717) is 0 Å². The lowest BCUT2D eigenvalue weighted by Crippen LogP contribution is -2.39. The molecule has 0 aliphatic carbocycles. The topological polar surface area (TPSA) is 99.1 Å². The minimum absolute atomic E-state index is 0.00822. The van der Waals surface area contributed by atoms with E-state index < -0.39 is 53.5 Å². The molecule has 42 heavy (non-hydrogen) atoms. The molecule has 1 N–H and O–H groups in total. The van der Waals surface area contributed by atoms with Gasteiger partial charge in [0.1, 0.15) is 28.8 Å². The minimum Gasteiger partial charge on any atom is -0.497 e. The molecule has 2 aromatic carbocycles. The first kappa shape index (κ1) is 30.6. The summed E-state index contributed by atoms with van der Waals surface area (Å²) in [7, 11) is 2.74. The molecule has 2 heterocycles. The molecule has 2 amide bonds. The minimum atomic E-state index is -3.03. The number of carbonyl (C=O) groups excluding carboxylic acids is 2. The van der Waals surface area contributed by atoms with Crippen LogP contribution in [0.15, 0.2) is 59.5 Å². The van der Waals surface area contributed by atoms with Gasteiger partial charge in [-0.25, -0.2) is 8.78 Å². The summed E-state index contributed by atoms with van der Waals surface area (Å²) in [5.41, 5.74) is -0.800. The third-order valence-electron chi connectivity index (χ3n) is 7.16. The van der Waals surface area contributed by atoms with E-state index in [1.807, 2.05) is 0 Å². The van der Waals surface area contributed by atoms with Gasteiger partial charge in [-0.2, -0.15) is 8.78 Å². The molecule has 224 valence electrons. The largest absolute Gasteiger partial charge is 0.497 e. The fourth-order valence-electron chi connectivity index (χ4n) is 5.19. The van der Waals surface area contributed by atoms with Crippen LogP contribution in [0.1, 0.15) is 28.8 Å². The van der Waals surface area contributed by atoms with E-state index in [1.165, 1.54) is 60.2 Å². The zero-order chi connectivity index (χ0) is 30.6. The monoisotopic (exact) mass is 591 g/mol. The predicted octanol–water partition coefficient (Wildman–Crippen LogP) is 3.95. The molecule has 4 rings (SSSR count). The van der Waals surface area contributed by atoms with Gasteiger partial charge in [-0.3, -0.25) is 14.4 Å². The Morgan fingerprint density at radius 3 is 2.29 bits per heavy atom. The number of nitrogens with zero attached hydrogens (tertiary/aromatic N) is 2. The first-order valence-corrected chi connectivity index (χ1v) is 12.9. The van der Waals surface area contributed by atoms with Crippen molar-refractivity contribution in [3.05, 3.63) is 87.8 Å². The summed E-state index contributed by atoms with van der Waals surface area (Å²) in [5.74, 6) is -5.67. The van der Waals surface area contributed by atoms with E-state index in [9.17, 15) is 23.2 Å². The van der Waals surface area contributed by atoms with Crippen LogP contribution in [-0.2, 0) is 16.1 Å². The lowest BCUT2D eigenvalue weighted by atomic mass is 9.83. The summed E-state index contributed by atoms with van der Waals surface area (Å²) in [5, 5.41) is 2.59. The Bertz CT molecular complexity index is 1470. The van der Waals surface area contributed by atoms with Gasteiger partial charge in [0.2, 0.25) is 5.91 Å². The number of carbonyl (C=O) groups is 2. The summed E-state index contributed by atoms with van der Waals surface area (Å²) in [6.07, 6.45) is 1.53. The molecule has 9 nitrogen and oxygen atoms in total. The van der Waals surface area contributed by atoms with Crippen LogP contribution in [0.25, 0.3) is 0 Å². The molecule has 1 saturated heterocycles. The fraction of sp³-hybridized carbons (Fsp3) is 0.345. The summed E-state index contributed by atoms with van der Waals surface area (Å²) >= 11 is 0. The van der Waals surface area contributed by atoms with Gasteiger partial charge in [-0.05, 0) is 43.3 Å². The second-order valence-corrected chi connectivity index (χ2v) is 9.58. The van der Waals surface area contributed by atoms with E-state index in [0.717, 1.165) is 12.1 Å². The average Bonchev–Trinajstić information content (AvgIpc) is 3.19. The molecule has 0 saturated carbocycles. The number of hydrogen-bond donors (Lipinski definition) is 1. The second-order valence-electron chi connectivity index (χ2n) is 9.58. The Labute approximate surface area is 238 Å². The molecule has 13 heteroatoms. The number of amides is 2. The zero-order valence-electron chi connectivity index (χ0n) is 23.0. The smallest absolute Gasteiger partial charge is 0.387 e. The van der Waals surface area contributed by atoms with E-state index in [-0.39, 0.29) is 48.0 Å². The third kappa shape index (κ3) is 6.25. The van der Waals surface area contributed by atoms with Crippen LogP contribution in [0.5, 0.6) is 11.5 Å². The molecule has 3 atom stereocenters. The summed E-state index contributed by atoms with van der Waals surface area (Å²) in [6.45, 7) is -1.35. The van der Waals surface area contributed by atoms with Crippen molar-refractivity contribution in [3.63, 3.8) is 0 Å². The number of nitrogens with one attached hydrogen (secondary N) is 1. The van der Waals surface area contributed by atoms with Crippen LogP contribution in [-0.4, -0.2) is 56.4 Å². The molecule has 1 aromatic heterocycles. The van der Waals surface area contributed by atoms with Crippen LogP contribution >= 0.6 is 0 Å². The summed E-state index contributed by atoms with van der Waals surface area (Å²) in [4.78, 5) is 41.2. The van der Waals surface area contributed by atoms with Crippen molar-refractivity contribution in [2.45, 2.75) is 32.0 Å². The number of pyridine rings is 1. The lowest BCUT2D eigenvalue weighted by Gasteiger charge is -2.26. The Morgan fingerprint density at radius 2 is 1.69 bits per heavy atom. The van der Waals surface area contributed by atoms with Gasteiger partial charge in [0.25, 0.3) is 11.5 Å². The van der Waals surface area contributed by atoms with Gasteiger partial charge in [-0.15, -0.1) is 0 Å². The second kappa shape index (κ2) is 13.1. The predicted molar refractivity (Wildman–Crippen MR) is 144 cm³/mol. The maximum atomic E-state index is 15.3. The van der Waals surface area contributed by atoms with Crippen molar-refractivity contribution >= 4 is 17.5 Å². The number of rotatable bonds is 11. The first-order valence-electron chi connectivity index (χ1n) is 12.9. The molecular weight excluding hydrogens is 562 g/mol. The number of anilines is 1. The summed E-state index contributed by atoms with van der Waals surface area (Å²) in [6, 6.07) is 8.99. The van der Waals surface area contributed by atoms with Crippen molar-refractivity contribution in [1.29, 1.82) is 0 Å². The number of alkyl halides is 2. The zero-order valence-corrected chi connectivity index (χ0v) is 23.0. The maximum absolute atomic E-state index is 15.3. The van der Waals surface area contributed by atoms with Crippen LogP contribution in [0.3, 0.4) is 0 Å². The van der Waals surface area contributed by atoms with Crippen LogP contribution in [0.4, 0.5) is 23.2 Å². The molecule has 0 radical (unpaired) electrons. The number of methoxy groups -OCH3 is 2. The molecule has 3 aromatic rings. The van der Waals surface area contributed by atoms with E-state index in [4.69, 9.17) is 9.47 Å². The first-order chi connectivity index (χ1) is 20.1. The highest BCUT2D eigenvalue weighted by atomic mass is 19.3. The van der Waals surface area contributed by atoms with Gasteiger partial charge in [0.15, 0.2) is 0 Å². The normalized spacial score (nSPS) is 18.4. The Kier molecular flexibility index (Phi) is 9.51. The molecule has 1 unspecified atom stereocenters. The van der Waals surface area contributed by atoms with Gasteiger partial charge >= 0.3 is 6.61 Å². The fourth-order valence-corrected chi connectivity index (χ4v) is 5.19. The number of halogens is 4. The van der Waals surface area contributed by atoms with Gasteiger partial charge in [-0.1, -0.05) is 0 Å². The van der Waals surface area contributed by atoms with Gasteiger partial charge < -0.3 is 29.0 Å². The van der Waals surface area contributed by atoms with Crippen molar-refractivity contribution in [2.24, 2.45) is 5.92 Å². The molecule has 1 aliphatic heterocycles. The number of hydrogen-bond acceptors (Lipinski definition) is 6. The lowest BCUT2D eigenvalue weighted by molar-refractivity contribution is -0.120. The van der Waals surface area contributed by atoms with Crippen molar-refractivity contribution in [1.82, 2.24) is 9.88 Å². The highest BCUT2D eigenvalue weighted by Gasteiger charge is 2.49. The Hall–Kier alpha value is -4.39. The number of aromatic nitrogens is 1. The summed E-state index contributed by atoms with van der Waals surface area (Å²) < 4.78 is 71.2. The van der Waals surface area contributed by atoms with E-state index in [1.54, 1.807) is 13.0 Å². The average molecular weight is 592 g/mol. The SMILES string of the molecule is COCCn1cccc(N2C(=O)C(CNC(=O)c3ccc(OC(F)F)cc3)[C@H](c3c(F)cc(OC)cc3F)[C@H]2C)c1=O. The quantitative estimate of drug-likeness (QED) is 0.339. The number of benzene rings is 2. The molecule has 0 spiro atoms. The van der Waals surface area contributed by atoms with Crippen LogP contribution in [0.2, 0.25) is 0 Å². The van der Waals surface area contributed by atoms with E-state index in [2.05, 4.69) is 10.1 Å². The van der Waals surface area contributed by atoms with Crippen LogP contribution < -0.4 is 25.2 Å². The standard InChI is InChI=1S/C29H29F4N3O6/c1-16-24(25-21(30)13-19(41-3)14-22(25)31)20(15-34-26(37)17-6-8-18(9-7-17)42-29(32)33)27(38)36(16)23-5-4-10-35(28(23)39)11-12-40-2/h4-10,13-14,16,20,24,29H,11-12,15H2,1-3H3,(H,34,37)/t16-,20?,24-/m1/s1. The van der Waals surface area contributed by atoms with Gasteiger partial charge in [0, 0.05) is 61.6 Å². The Balaban J connectivity index is 1.69. The van der Waals surface area contributed by atoms with Crippen LogP contribution in [0, 0.1) is 17.6 Å². The van der Waals surface area contributed by atoms with Crippen molar-refractivity contribution in [3.8, 4) is 11.5 Å². The Morgan fingerprint density at radius 1 is 1.02 bits per heavy atom. The third-order valence-corrected chi connectivity index (χ3v) is 7.16. The van der Waals surface area contributed by atoms with E-state index >= 15 is 8.78 Å². The number of ether oxygens (including phenoxy) is 3. The molecule has 1 aliphatic rings. The van der Waals surface area contributed by atoms with Crippen molar-refractivity contribution < 1.29 is 41.4 Å². The maximum Gasteiger partial charge on any atom is 0.387 e. The molecular formula is C29H29F4N3O6. The van der Waals surface area contributed by atoms with Gasteiger partial charge in [0.05, 0.1) is 19.6 Å². The highest BCUT2D eigenvalue weighted by Crippen LogP contribution is 2.43. The molecule has 1 fully saturated rings. The highest BCUT2D eigenvalue weighted by molar-refractivity contribution is 6.00. The molecule has 0 bridgehead atoms. The van der Waals surface area contributed by atoms with Crippen molar-refractivity contribution in [2.75, 3.05) is 32.3 Å².